The van der Waals surface area contributed by atoms with E-state index in [1.54, 1.807) is 0 Å². The second-order valence-corrected chi connectivity index (χ2v) is 14.1. The number of ether oxygens (including phenoxy) is 2. The van der Waals surface area contributed by atoms with Gasteiger partial charge < -0.3 is 24.2 Å². The molecule has 0 spiro atoms. The number of likely N-dealkylation sites (N-methyl/N-ethyl adjacent to an activating group) is 1. The Bertz CT molecular complexity index is 1820. The Labute approximate surface area is 278 Å². The molecule has 9 nitrogen and oxygen atoms in total. The maximum atomic E-state index is 13.9. The zero-order valence-electron chi connectivity index (χ0n) is 26.6. The lowest BCUT2D eigenvalue weighted by Gasteiger charge is -2.41. The van der Waals surface area contributed by atoms with Gasteiger partial charge in [-0.1, -0.05) is 36.4 Å². The van der Waals surface area contributed by atoms with Crippen molar-refractivity contribution in [3.63, 3.8) is 0 Å². The van der Waals surface area contributed by atoms with E-state index < -0.39 is 17.8 Å². The largest absolute Gasteiger partial charge is 0.487 e. The van der Waals surface area contributed by atoms with Crippen LogP contribution in [0.5, 0.6) is 11.8 Å². The predicted octanol–water partition coefficient (Wildman–Crippen LogP) is 6.04. The second kappa shape index (κ2) is 11.9. The average Bonchev–Trinajstić information content (AvgIpc) is 3.97. The molecule has 244 valence electrons. The van der Waals surface area contributed by atoms with Crippen molar-refractivity contribution in [2.24, 2.45) is 5.92 Å². The van der Waals surface area contributed by atoms with Gasteiger partial charge in [-0.2, -0.15) is 15.2 Å². The van der Waals surface area contributed by atoms with Crippen LogP contribution in [-0.2, 0) is 11.2 Å². The number of amides is 1. The Kier molecular flexibility index (Phi) is 7.72. The van der Waals surface area contributed by atoms with Gasteiger partial charge in [0.1, 0.15) is 17.9 Å². The molecular weight excluding hydrogens is 619 g/mol. The third kappa shape index (κ3) is 5.57. The van der Waals surface area contributed by atoms with E-state index in [2.05, 4.69) is 42.8 Å². The SMILES string of the molecule is C=C(F)C(=O)N1CCN(c2nc(OC[C@@H]3CCCN3C)nc3c(OC4CC4)c(-c4cccc5c4CC4CC54)c(Cl)cc23)C[C@@H]1CC#N. The van der Waals surface area contributed by atoms with Crippen molar-refractivity contribution in [2.45, 2.75) is 69.1 Å². The van der Waals surface area contributed by atoms with Crippen LogP contribution in [0.4, 0.5) is 10.2 Å². The highest BCUT2D eigenvalue weighted by Crippen LogP contribution is 2.59. The molecule has 4 fully saturated rings. The number of aromatic nitrogens is 2. The number of likely N-dealkylation sites (tertiary alicyclic amines) is 1. The Morgan fingerprint density at radius 3 is 2.79 bits per heavy atom. The molecule has 5 aliphatic rings. The van der Waals surface area contributed by atoms with E-state index in [1.165, 1.54) is 22.4 Å². The second-order valence-electron chi connectivity index (χ2n) is 13.7. The number of nitriles is 1. The van der Waals surface area contributed by atoms with Crippen LogP contribution in [0.1, 0.15) is 55.6 Å². The minimum Gasteiger partial charge on any atom is -0.487 e. The lowest BCUT2D eigenvalue weighted by Crippen LogP contribution is -2.55. The van der Waals surface area contributed by atoms with Crippen molar-refractivity contribution in [1.29, 1.82) is 5.26 Å². The van der Waals surface area contributed by atoms with Gasteiger partial charge in [0.25, 0.3) is 5.91 Å². The van der Waals surface area contributed by atoms with E-state index in [1.807, 2.05) is 11.0 Å². The summed E-state index contributed by atoms with van der Waals surface area (Å²) >= 11 is 7.25. The zero-order chi connectivity index (χ0) is 32.4. The number of anilines is 1. The number of hydrogen-bond acceptors (Lipinski definition) is 8. The van der Waals surface area contributed by atoms with Gasteiger partial charge in [0.15, 0.2) is 11.6 Å². The van der Waals surface area contributed by atoms with Crippen molar-refractivity contribution in [2.75, 3.05) is 44.7 Å². The fraction of sp³-hybridized carbons (Fsp3) is 0.500. The number of fused-ring (bicyclic) bond motifs is 4. The smallest absolute Gasteiger partial charge is 0.319 e. The summed E-state index contributed by atoms with van der Waals surface area (Å²) in [5.41, 5.74) is 5.35. The molecule has 3 aromatic rings. The quantitative estimate of drug-likeness (QED) is 0.258. The molecule has 3 aliphatic carbocycles. The number of halogens is 2. The van der Waals surface area contributed by atoms with Crippen LogP contribution in [-0.4, -0.2) is 83.7 Å². The number of carbonyl (C=O) groups excluding carboxylic acids is 1. The highest BCUT2D eigenvalue weighted by molar-refractivity contribution is 6.35. The number of rotatable bonds is 9. The van der Waals surface area contributed by atoms with Gasteiger partial charge in [-0.15, -0.1) is 0 Å². The fourth-order valence-corrected chi connectivity index (χ4v) is 8.13. The van der Waals surface area contributed by atoms with E-state index in [0.29, 0.717) is 52.5 Å². The third-order valence-corrected chi connectivity index (χ3v) is 10.9. The number of carbonyl (C=O) groups is 1. The van der Waals surface area contributed by atoms with Gasteiger partial charge in [-0.05, 0) is 86.7 Å². The topological polar surface area (TPSA) is 94.8 Å². The Morgan fingerprint density at radius 1 is 1.19 bits per heavy atom. The molecule has 11 heteroatoms. The van der Waals surface area contributed by atoms with Crippen molar-refractivity contribution in [3.05, 3.63) is 52.8 Å². The van der Waals surface area contributed by atoms with E-state index in [-0.39, 0.29) is 37.7 Å². The first-order chi connectivity index (χ1) is 22.8. The van der Waals surface area contributed by atoms with Crippen molar-refractivity contribution in [3.8, 4) is 29.0 Å². The Hall–Kier alpha value is -3.94. The summed E-state index contributed by atoms with van der Waals surface area (Å²) in [5, 5.41) is 10.9. The lowest BCUT2D eigenvalue weighted by atomic mass is 9.93. The van der Waals surface area contributed by atoms with Crippen LogP contribution < -0.4 is 14.4 Å². The molecule has 2 saturated heterocycles. The number of hydrogen-bond donors (Lipinski definition) is 0. The predicted molar refractivity (Wildman–Crippen MR) is 178 cm³/mol. The van der Waals surface area contributed by atoms with Gasteiger partial charge in [-0.3, -0.25) is 4.79 Å². The van der Waals surface area contributed by atoms with E-state index >= 15 is 0 Å². The summed E-state index contributed by atoms with van der Waals surface area (Å²) in [5.74, 6) is 0.762. The van der Waals surface area contributed by atoms with Gasteiger partial charge in [0.05, 0.1) is 29.7 Å². The molecule has 1 aromatic heterocycles. The van der Waals surface area contributed by atoms with E-state index in [0.717, 1.165) is 49.8 Å². The van der Waals surface area contributed by atoms with Crippen LogP contribution in [0.15, 0.2) is 36.7 Å². The van der Waals surface area contributed by atoms with Crippen molar-refractivity contribution < 1.29 is 18.7 Å². The maximum Gasteiger partial charge on any atom is 0.319 e. The minimum atomic E-state index is -1.03. The molecular formula is C36H38ClFN6O3. The van der Waals surface area contributed by atoms with Crippen LogP contribution >= 0.6 is 11.6 Å². The molecule has 2 aromatic carbocycles. The van der Waals surface area contributed by atoms with Crippen LogP contribution in [0.25, 0.3) is 22.0 Å². The first-order valence-corrected chi connectivity index (χ1v) is 17.1. The highest BCUT2D eigenvalue weighted by atomic mass is 35.5. The molecule has 0 radical (unpaired) electrons. The summed E-state index contributed by atoms with van der Waals surface area (Å²) < 4.78 is 27.0. The first kappa shape index (κ1) is 30.4. The number of piperazine rings is 1. The van der Waals surface area contributed by atoms with Crippen molar-refractivity contribution >= 4 is 34.2 Å². The summed E-state index contributed by atoms with van der Waals surface area (Å²) in [6.45, 7) is 5.52. The van der Waals surface area contributed by atoms with Gasteiger partial charge >= 0.3 is 6.01 Å². The molecule has 0 bridgehead atoms. The zero-order valence-corrected chi connectivity index (χ0v) is 27.3. The lowest BCUT2D eigenvalue weighted by molar-refractivity contribution is -0.131. The highest BCUT2D eigenvalue weighted by Gasteiger charge is 2.46. The minimum absolute atomic E-state index is 0.0396. The maximum absolute atomic E-state index is 13.9. The normalized spacial score (nSPS) is 25.0. The summed E-state index contributed by atoms with van der Waals surface area (Å²) in [4.78, 5) is 28.3. The van der Waals surface area contributed by atoms with Gasteiger partial charge in [0, 0.05) is 36.6 Å². The summed E-state index contributed by atoms with van der Waals surface area (Å²) in [6.07, 6.45) is 6.51. The van der Waals surface area contributed by atoms with E-state index in [4.69, 9.17) is 31.0 Å². The molecule has 2 aliphatic heterocycles. The molecule has 2 saturated carbocycles. The molecule has 0 N–H and O–H groups in total. The molecule has 47 heavy (non-hydrogen) atoms. The van der Waals surface area contributed by atoms with E-state index in [9.17, 15) is 14.4 Å². The first-order valence-electron chi connectivity index (χ1n) is 16.7. The Balaban J connectivity index is 1.26. The van der Waals surface area contributed by atoms with Crippen LogP contribution in [0, 0.1) is 17.2 Å². The molecule has 3 heterocycles. The fourth-order valence-electron chi connectivity index (χ4n) is 7.84. The van der Waals surface area contributed by atoms with Gasteiger partial charge in [-0.25, -0.2) is 4.39 Å². The third-order valence-electron chi connectivity index (χ3n) is 10.6. The summed E-state index contributed by atoms with van der Waals surface area (Å²) in [6, 6.07) is 10.6. The molecule has 8 rings (SSSR count). The van der Waals surface area contributed by atoms with Gasteiger partial charge in [0.2, 0.25) is 0 Å². The average molecular weight is 657 g/mol. The molecule has 4 atom stereocenters. The van der Waals surface area contributed by atoms with Crippen LogP contribution in [0.3, 0.4) is 0 Å². The summed E-state index contributed by atoms with van der Waals surface area (Å²) in [7, 11) is 2.11. The standard InChI is InChI=1S/C36H38ClFN6O3/c1-20(38)35(45)44-14-13-43(18-22(44)10-11-39)34-29-17-30(37)31(26-7-3-6-25-27-15-21(27)16-28(25)26)33(47-24-8-9-24)32(29)40-36(41-34)46-19-23-5-4-12-42(23)2/h3,6-7,17,21-24,27H,1,4-5,8-10,12-16,18-19H2,2H3/t21?,22-,23-,27?/m0/s1. The monoisotopic (exact) mass is 656 g/mol. The number of nitrogens with zero attached hydrogens (tertiary/aromatic N) is 6. The number of benzene rings is 2. The van der Waals surface area contributed by atoms with Crippen molar-refractivity contribution in [1.82, 2.24) is 19.8 Å². The van der Waals surface area contributed by atoms with Crippen LogP contribution in [0.2, 0.25) is 5.02 Å². The molecule has 1 amide bonds. The molecule has 2 unspecified atom stereocenters. The Morgan fingerprint density at radius 2 is 2.04 bits per heavy atom.